The molecule has 33 heavy (non-hydrogen) atoms. The third kappa shape index (κ3) is 21.2. The lowest BCUT2D eigenvalue weighted by Gasteiger charge is -2.22. The summed E-state index contributed by atoms with van der Waals surface area (Å²) in [4.78, 5) is 0. The van der Waals surface area contributed by atoms with Gasteiger partial charge in [0.1, 0.15) is 24.8 Å². The third-order valence-electron chi connectivity index (χ3n) is 6.35. The van der Waals surface area contributed by atoms with Crippen molar-refractivity contribution in [1.29, 1.82) is 0 Å². The zero-order valence-corrected chi connectivity index (χ0v) is 23.2. The standard InChI is InChI=1S/C32H60N/c1-5-9-13-17-21-25-29-33(30-26-22-18-14-10-6-2,31-27-23-19-15-11-7-3)32-28-24-20-16-12-8-4/h25-32H,5-24H2,1-4H3/q+1/b29-25+,30-26+,31-27+,32-28+. The molecule has 0 fully saturated rings. The van der Waals surface area contributed by atoms with Crippen LogP contribution in [0.5, 0.6) is 0 Å². The van der Waals surface area contributed by atoms with Gasteiger partial charge in [0, 0.05) is 0 Å². The predicted octanol–water partition coefficient (Wildman–Crippen LogP) is 11.7. The number of quaternary nitrogens is 1. The lowest BCUT2D eigenvalue weighted by Crippen LogP contribution is -2.23. The Kier molecular flexibility index (Phi) is 24.7. The molecule has 0 bridgehead atoms. The van der Waals surface area contributed by atoms with Crippen molar-refractivity contribution in [3.8, 4) is 0 Å². The molecule has 0 saturated carbocycles. The van der Waals surface area contributed by atoms with Crippen molar-refractivity contribution in [1.82, 2.24) is 0 Å². The summed E-state index contributed by atoms with van der Waals surface area (Å²) in [5.41, 5.74) is 0. The molecule has 0 N–H and O–H groups in total. The summed E-state index contributed by atoms with van der Waals surface area (Å²) in [5.74, 6) is 0. The van der Waals surface area contributed by atoms with Gasteiger partial charge in [-0.2, -0.15) is 0 Å². The Labute approximate surface area is 209 Å². The maximum Gasteiger partial charge on any atom is 0.106 e. The minimum absolute atomic E-state index is 0.753. The van der Waals surface area contributed by atoms with E-state index in [1.807, 2.05) is 0 Å². The second-order valence-electron chi connectivity index (χ2n) is 9.83. The second-order valence-corrected chi connectivity index (χ2v) is 9.83. The van der Waals surface area contributed by atoms with Gasteiger partial charge in [-0.15, -0.1) is 0 Å². The predicted molar refractivity (Wildman–Crippen MR) is 152 cm³/mol. The van der Waals surface area contributed by atoms with Crippen LogP contribution in [0.25, 0.3) is 0 Å². The number of hydrogen-bond acceptors (Lipinski definition) is 0. The minimum atomic E-state index is 0.753. The highest BCUT2D eigenvalue weighted by atomic mass is 15.3. The van der Waals surface area contributed by atoms with Crippen LogP contribution in [0.4, 0.5) is 0 Å². The zero-order chi connectivity index (χ0) is 24.3. The van der Waals surface area contributed by atoms with Gasteiger partial charge in [0.15, 0.2) is 0 Å². The summed E-state index contributed by atoms with van der Waals surface area (Å²) < 4.78 is 0.753. The van der Waals surface area contributed by atoms with Gasteiger partial charge >= 0.3 is 0 Å². The molecule has 192 valence electrons. The molecule has 0 aliphatic rings. The summed E-state index contributed by atoms with van der Waals surface area (Å²) in [6, 6.07) is 0. The van der Waals surface area contributed by atoms with Crippen LogP contribution in [0.1, 0.15) is 156 Å². The molecule has 0 radical (unpaired) electrons. The van der Waals surface area contributed by atoms with E-state index >= 15 is 0 Å². The van der Waals surface area contributed by atoms with Crippen molar-refractivity contribution in [3.63, 3.8) is 0 Å². The van der Waals surface area contributed by atoms with Gasteiger partial charge in [-0.25, -0.2) is 4.48 Å². The van der Waals surface area contributed by atoms with Gasteiger partial charge in [-0.1, -0.05) is 105 Å². The topological polar surface area (TPSA) is 0 Å². The largest absolute Gasteiger partial charge is 0.220 e. The lowest BCUT2D eigenvalue weighted by atomic mass is 10.1. The van der Waals surface area contributed by atoms with Crippen molar-refractivity contribution >= 4 is 0 Å². The third-order valence-corrected chi connectivity index (χ3v) is 6.35. The molecular formula is C32H60N+. The monoisotopic (exact) mass is 458 g/mol. The van der Waals surface area contributed by atoms with Gasteiger partial charge in [-0.3, -0.25) is 0 Å². The Morgan fingerprint density at radius 2 is 0.576 bits per heavy atom. The lowest BCUT2D eigenvalue weighted by molar-refractivity contribution is -0.715. The maximum atomic E-state index is 2.43. The van der Waals surface area contributed by atoms with Crippen molar-refractivity contribution < 1.29 is 4.48 Å². The van der Waals surface area contributed by atoms with E-state index in [0.717, 1.165) is 4.48 Å². The molecule has 0 amide bonds. The quantitative estimate of drug-likeness (QED) is 0.0996. The van der Waals surface area contributed by atoms with Gasteiger partial charge < -0.3 is 0 Å². The van der Waals surface area contributed by atoms with Gasteiger partial charge in [0.2, 0.25) is 0 Å². The van der Waals surface area contributed by atoms with Crippen LogP contribution >= 0.6 is 0 Å². The number of allylic oxidation sites excluding steroid dienone is 4. The number of nitrogens with zero attached hydrogens (tertiary/aromatic N) is 1. The molecule has 0 aromatic rings. The second kappa shape index (κ2) is 25.5. The van der Waals surface area contributed by atoms with E-state index in [1.165, 1.54) is 128 Å². The fraction of sp³-hybridized carbons (Fsp3) is 0.750. The minimum Gasteiger partial charge on any atom is -0.220 e. The molecule has 0 aromatic heterocycles. The Balaban J connectivity index is 5.27. The smallest absolute Gasteiger partial charge is 0.106 e. The molecule has 0 saturated heterocycles. The van der Waals surface area contributed by atoms with E-state index in [4.69, 9.17) is 0 Å². The Bertz CT molecular complexity index is 403. The van der Waals surface area contributed by atoms with Gasteiger partial charge in [0.25, 0.3) is 0 Å². The first kappa shape index (κ1) is 31.9. The molecule has 1 nitrogen and oxygen atoms in total. The van der Waals surface area contributed by atoms with Crippen molar-refractivity contribution in [3.05, 3.63) is 49.1 Å². The fourth-order valence-electron chi connectivity index (χ4n) is 4.08. The molecule has 0 rings (SSSR count). The van der Waals surface area contributed by atoms with Crippen LogP contribution in [0.2, 0.25) is 0 Å². The fourth-order valence-corrected chi connectivity index (χ4v) is 4.08. The molecule has 0 unspecified atom stereocenters. The molecule has 0 atom stereocenters. The zero-order valence-electron chi connectivity index (χ0n) is 23.2. The van der Waals surface area contributed by atoms with Crippen LogP contribution in [0.15, 0.2) is 49.1 Å². The van der Waals surface area contributed by atoms with E-state index in [-0.39, 0.29) is 0 Å². The highest BCUT2D eigenvalue weighted by Gasteiger charge is 2.15. The summed E-state index contributed by atoms with van der Waals surface area (Å²) in [5, 5.41) is 0. The van der Waals surface area contributed by atoms with Crippen LogP contribution < -0.4 is 0 Å². The van der Waals surface area contributed by atoms with Gasteiger partial charge in [0.05, 0.1) is 0 Å². The van der Waals surface area contributed by atoms with Crippen molar-refractivity contribution in [2.24, 2.45) is 0 Å². The summed E-state index contributed by atoms with van der Waals surface area (Å²) in [7, 11) is 0. The average molecular weight is 459 g/mol. The van der Waals surface area contributed by atoms with Crippen molar-refractivity contribution in [2.75, 3.05) is 0 Å². The van der Waals surface area contributed by atoms with E-state index < -0.39 is 0 Å². The molecule has 0 heterocycles. The van der Waals surface area contributed by atoms with Gasteiger partial charge in [-0.05, 0) is 75.7 Å². The van der Waals surface area contributed by atoms with Crippen LogP contribution in [-0.4, -0.2) is 4.48 Å². The number of hydrogen-bond donors (Lipinski definition) is 0. The van der Waals surface area contributed by atoms with E-state index in [0.29, 0.717) is 0 Å². The van der Waals surface area contributed by atoms with E-state index in [2.05, 4.69) is 76.8 Å². The average Bonchev–Trinajstić information content (AvgIpc) is 2.83. The molecule has 1 heteroatoms. The van der Waals surface area contributed by atoms with Crippen LogP contribution in [0, 0.1) is 0 Å². The first-order chi connectivity index (χ1) is 16.2. The van der Waals surface area contributed by atoms with E-state index in [1.54, 1.807) is 0 Å². The molecular weight excluding hydrogens is 398 g/mol. The Morgan fingerprint density at radius 1 is 0.333 bits per heavy atom. The molecule has 0 spiro atoms. The first-order valence-electron chi connectivity index (χ1n) is 14.8. The first-order valence-corrected chi connectivity index (χ1v) is 14.8. The Hall–Kier alpha value is -1.08. The van der Waals surface area contributed by atoms with Crippen LogP contribution in [0.3, 0.4) is 0 Å². The number of unbranched alkanes of at least 4 members (excludes halogenated alkanes) is 16. The Morgan fingerprint density at radius 3 is 0.788 bits per heavy atom. The summed E-state index contributed by atoms with van der Waals surface area (Å²) in [6.07, 6.45) is 45.6. The molecule has 0 aromatic carbocycles. The SMILES string of the molecule is CCCCCC/C=C/[N+](/C=C/CCCCCC)(/C=C/CCCCCC)/C=C/CCCCCC. The van der Waals surface area contributed by atoms with E-state index in [9.17, 15) is 0 Å². The molecule has 0 aliphatic heterocycles. The molecule has 0 aliphatic carbocycles. The number of rotatable bonds is 24. The highest BCUT2D eigenvalue weighted by Crippen LogP contribution is 2.19. The summed E-state index contributed by atoms with van der Waals surface area (Å²) >= 11 is 0. The normalized spacial score (nSPS) is 13.0. The van der Waals surface area contributed by atoms with Crippen LogP contribution in [-0.2, 0) is 0 Å². The highest BCUT2D eigenvalue weighted by molar-refractivity contribution is 4.94. The van der Waals surface area contributed by atoms with Crippen molar-refractivity contribution in [2.45, 2.75) is 156 Å². The summed E-state index contributed by atoms with van der Waals surface area (Å²) in [6.45, 7) is 9.17. The maximum absolute atomic E-state index is 2.43.